The van der Waals surface area contributed by atoms with E-state index in [0.29, 0.717) is 5.56 Å². The predicted molar refractivity (Wildman–Crippen MR) is 108 cm³/mol. The number of carbonyl (C=O) groups excluding carboxylic acids is 1. The monoisotopic (exact) mass is 360 g/mol. The summed E-state index contributed by atoms with van der Waals surface area (Å²) in [7, 11) is 0. The molecule has 3 aromatic carbocycles. The minimum absolute atomic E-state index is 0.0786. The first-order valence-electron chi connectivity index (χ1n) is 9.38. The topological polar surface area (TPSA) is 50.4 Å². The third kappa shape index (κ3) is 3.67. The maximum Gasteiger partial charge on any atom is 0.252 e. The van der Waals surface area contributed by atoms with Crippen LogP contribution in [0.3, 0.4) is 0 Å². The second-order valence-electron chi connectivity index (χ2n) is 7.14. The van der Waals surface area contributed by atoms with Crippen molar-refractivity contribution in [3.8, 4) is 5.75 Å². The van der Waals surface area contributed by atoms with Gasteiger partial charge in [0, 0.05) is 18.7 Å². The van der Waals surface area contributed by atoms with Crippen molar-refractivity contribution in [2.24, 2.45) is 0 Å². The zero-order valence-electron chi connectivity index (χ0n) is 15.7. The Hall–Kier alpha value is -2.85. The second kappa shape index (κ2) is 7.41. The van der Waals surface area contributed by atoms with Crippen LogP contribution in [0.25, 0.3) is 10.8 Å². The largest absolute Gasteiger partial charge is 0.488 e. The summed E-state index contributed by atoms with van der Waals surface area (Å²) < 4.78 is 5.90. The highest BCUT2D eigenvalue weighted by Gasteiger charge is 2.20. The summed E-state index contributed by atoms with van der Waals surface area (Å²) >= 11 is 0. The molecule has 2 N–H and O–H groups in total. The van der Waals surface area contributed by atoms with Crippen molar-refractivity contribution in [1.29, 1.82) is 0 Å². The van der Waals surface area contributed by atoms with Crippen LogP contribution in [-0.2, 0) is 0 Å². The maximum atomic E-state index is 12.9. The van der Waals surface area contributed by atoms with Gasteiger partial charge in [-0.1, -0.05) is 48.5 Å². The molecule has 27 heavy (non-hydrogen) atoms. The number of aryl methyl sites for hydroxylation is 1. The number of fused-ring (bicyclic) bond motifs is 1. The number of hydrogen-bond donors (Lipinski definition) is 2. The summed E-state index contributed by atoms with van der Waals surface area (Å²) in [5.41, 5.74) is 2.72. The molecule has 138 valence electrons. The van der Waals surface area contributed by atoms with E-state index in [1.54, 1.807) is 0 Å². The van der Waals surface area contributed by atoms with Gasteiger partial charge >= 0.3 is 0 Å². The van der Waals surface area contributed by atoms with Gasteiger partial charge in [-0.2, -0.15) is 0 Å². The second-order valence-corrected chi connectivity index (χ2v) is 7.14. The fourth-order valence-corrected chi connectivity index (χ4v) is 3.44. The zero-order valence-corrected chi connectivity index (χ0v) is 15.7. The van der Waals surface area contributed by atoms with Gasteiger partial charge in [0.1, 0.15) is 11.9 Å². The smallest absolute Gasteiger partial charge is 0.252 e. The van der Waals surface area contributed by atoms with E-state index in [2.05, 4.69) is 34.9 Å². The molecule has 4 nitrogen and oxygen atoms in total. The molecule has 1 heterocycles. The van der Waals surface area contributed by atoms with Crippen molar-refractivity contribution < 1.29 is 9.53 Å². The molecular weight excluding hydrogens is 336 g/mol. The minimum Gasteiger partial charge on any atom is -0.488 e. The van der Waals surface area contributed by atoms with Crippen LogP contribution in [-0.4, -0.2) is 25.1 Å². The van der Waals surface area contributed by atoms with Crippen molar-refractivity contribution in [2.45, 2.75) is 26.0 Å². The Kier molecular flexibility index (Phi) is 4.82. The molecule has 0 spiro atoms. The van der Waals surface area contributed by atoms with Crippen LogP contribution in [0.4, 0.5) is 0 Å². The molecule has 1 fully saturated rings. The van der Waals surface area contributed by atoms with Crippen LogP contribution in [0.2, 0.25) is 0 Å². The van der Waals surface area contributed by atoms with Crippen LogP contribution in [0.5, 0.6) is 5.75 Å². The van der Waals surface area contributed by atoms with Crippen LogP contribution >= 0.6 is 0 Å². The van der Waals surface area contributed by atoms with Gasteiger partial charge in [-0.3, -0.25) is 4.79 Å². The molecule has 0 bridgehead atoms. The van der Waals surface area contributed by atoms with E-state index < -0.39 is 0 Å². The minimum atomic E-state index is -0.0941. The van der Waals surface area contributed by atoms with Crippen LogP contribution < -0.4 is 15.4 Å². The molecule has 0 radical (unpaired) electrons. The third-order valence-corrected chi connectivity index (χ3v) is 5.14. The van der Waals surface area contributed by atoms with Crippen molar-refractivity contribution in [1.82, 2.24) is 10.6 Å². The first-order valence-corrected chi connectivity index (χ1v) is 9.38. The molecule has 1 aliphatic heterocycles. The molecule has 4 rings (SSSR count). The van der Waals surface area contributed by atoms with Gasteiger partial charge in [-0.25, -0.2) is 0 Å². The van der Waals surface area contributed by atoms with Gasteiger partial charge in [-0.15, -0.1) is 0 Å². The molecule has 1 saturated heterocycles. The van der Waals surface area contributed by atoms with Crippen molar-refractivity contribution in [3.05, 3.63) is 77.4 Å². The highest BCUT2D eigenvalue weighted by atomic mass is 16.5. The molecule has 1 aliphatic rings. The number of amides is 1. The van der Waals surface area contributed by atoms with Gasteiger partial charge in [0.05, 0.1) is 6.04 Å². The predicted octanol–water partition coefficient (Wildman–Crippen LogP) is 3.99. The van der Waals surface area contributed by atoms with Gasteiger partial charge in [0.15, 0.2) is 0 Å². The Labute approximate surface area is 159 Å². The number of hydrogen-bond acceptors (Lipinski definition) is 3. The summed E-state index contributed by atoms with van der Waals surface area (Å²) in [6.45, 7) is 5.68. The van der Waals surface area contributed by atoms with Crippen molar-refractivity contribution in [3.63, 3.8) is 0 Å². The standard InChI is InChI=1S/C23H24N2O2/c1-15-10-11-18(27-19-13-24-14-19)12-22(15)23(26)25-16(2)20-9-5-7-17-6-3-4-8-21(17)20/h3-12,16,19,24H,13-14H2,1-2H3,(H,25,26)/t16-/m1/s1. The van der Waals surface area contributed by atoms with E-state index in [9.17, 15) is 4.79 Å². The van der Waals surface area contributed by atoms with Gasteiger partial charge in [-0.05, 0) is 47.9 Å². The molecule has 0 saturated carbocycles. The summed E-state index contributed by atoms with van der Waals surface area (Å²) in [6, 6.07) is 20.1. The average Bonchev–Trinajstić information content (AvgIpc) is 2.65. The normalized spacial score (nSPS) is 15.2. The van der Waals surface area contributed by atoms with E-state index in [4.69, 9.17) is 4.74 Å². The maximum absolute atomic E-state index is 12.9. The summed E-state index contributed by atoms with van der Waals surface area (Å²) in [4.78, 5) is 12.9. The fraction of sp³-hybridized carbons (Fsp3) is 0.261. The molecule has 0 unspecified atom stereocenters. The van der Waals surface area contributed by atoms with E-state index in [-0.39, 0.29) is 18.1 Å². The highest BCUT2D eigenvalue weighted by molar-refractivity contribution is 5.96. The Morgan fingerprint density at radius 1 is 1.11 bits per heavy atom. The molecule has 0 aliphatic carbocycles. The van der Waals surface area contributed by atoms with E-state index >= 15 is 0 Å². The van der Waals surface area contributed by atoms with Crippen LogP contribution in [0.15, 0.2) is 60.7 Å². The van der Waals surface area contributed by atoms with E-state index in [1.165, 1.54) is 10.8 Å². The third-order valence-electron chi connectivity index (χ3n) is 5.14. The molecule has 0 aromatic heterocycles. The Bertz CT molecular complexity index is 974. The van der Waals surface area contributed by atoms with Crippen LogP contribution in [0.1, 0.15) is 34.5 Å². The molecule has 1 atom stereocenters. The zero-order chi connectivity index (χ0) is 18.8. The van der Waals surface area contributed by atoms with Crippen molar-refractivity contribution in [2.75, 3.05) is 13.1 Å². The lowest BCUT2D eigenvalue weighted by Gasteiger charge is -2.28. The van der Waals surface area contributed by atoms with Crippen LogP contribution in [0, 0.1) is 6.92 Å². The first kappa shape index (κ1) is 17.6. The average molecular weight is 360 g/mol. The Morgan fingerprint density at radius 2 is 1.89 bits per heavy atom. The molecule has 4 heteroatoms. The van der Waals surface area contributed by atoms with Gasteiger partial charge in [0.2, 0.25) is 0 Å². The quantitative estimate of drug-likeness (QED) is 0.723. The van der Waals surface area contributed by atoms with Gasteiger partial charge in [0.25, 0.3) is 5.91 Å². The lowest BCUT2D eigenvalue weighted by Crippen LogP contribution is -2.50. The van der Waals surface area contributed by atoms with Crippen molar-refractivity contribution >= 4 is 16.7 Å². The van der Waals surface area contributed by atoms with E-state index in [0.717, 1.165) is 30.0 Å². The number of ether oxygens (including phenoxy) is 1. The summed E-state index contributed by atoms with van der Waals surface area (Å²) in [6.07, 6.45) is 0.193. The molecule has 3 aromatic rings. The first-order chi connectivity index (χ1) is 13.1. The summed E-state index contributed by atoms with van der Waals surface area (Å²) in [5.74, 6) is 0.667. The number of nitrogens with one attached hydrogen (secondary N) is 2. The highest BCUT2D eigenvalue weighted by Crippen LogP contribution is 2.25. The fourth-order valence-electron chi connectivity index (χ4n) is 3.44. The lowest BCUT2D eigenvalue weighted by molar-refractivity contribution is 0.0937. The molecular formula is C23H24N2O2. The SMILES string of the molecule is Cc1ccc(OC2CNC2)cc1C(=O)N[C@H](C)c1cccc2ccccc12. The summed E-state index contributed by atoms with van der Waals surface area (Å²) in [5, 5.41) is 8.68. The Balaban J connectivity index is 1.55. The van der Waals surface area contributed by atoms with Gasteiger partial charge < -0.3 is 15.4 Å². The number of benzene rings is 3. The number of rotatable bonds is 5. The lowest BCUT2D eigenvalue weighted by atomic mass is 9.99. The molecule has 1 amide bonds. The number of carbonyl (C=O) groups is 1. The Morgan fingerprint density at radius 3 is 2.67 bits per heavy atom. The van der Waals surface area contributed by atoms with E-state index in [1.807, 2.05) is 50.2 Å².